The van der Waals surface area contributed by atoms with E-state index in [1.165, 1.54) is 30.6 Å². The molecule has 1 saturated heterocycles. The average molecular weight is 475 g/mol. The topological polar surface area (TPSA) is 47.9 Å². The molecule has 4 nitrogen and oxygen atoms in total. The third kappa shape index (κ3) is 5.76. The molecule has 1 atom stereocenters. The lowest BCUT2D eigenvalue weighted by Crippen LogP contribution is -2.41. The van der Waals surface area contributed by atoms with Crippen molar-refractivity contribution in [3.05, 3.63) is 30.3 Å². The van der Waals surface area contributed by atoms with Crippen molar-refractivity contribution >= 4 is 41.7 Å². The van der Waals surface area contributed by atoms with E-state index >= 15 is 0 Å². The summed E-state index contributed by atoms with van der Waals surface area (Å²) in [5.74, 6) is 0.967. The molecule has 0 aromatic heterocycles. The Morgan fingerprint density at radius 3 is 2.64 bits per heavy atom. The number of β-amino-alcohol motifs (C(OH)–C–C–N with tert-alkyl or cyclic N) is 1. The van der Waals surface area contributed by atoms with Gasteiger partial charge in [-0.25, -0.2) is 0 Å². The highest BCUT2D eigenvalue weighted by atomic mass is 127. The van der Waals surface area contributed by atoms with Crippen molar-refractivity contribution in [1.82, 2.24) is 10.2 Å². The number of likely N-dealkylation sites (tertiary alicyclic amines) is 1. The fourth-order valence-electron chi connectivity index (χ4n) is 3.63. The number of aliphatic hydroxyl groups is 1. The van der Waals surface area contributed by atoms with Gasteiger partial charge in [0.15, 0.2) is 5.96 Å². The SMILES string of the molecule is CCNC(=NCC1(Sc2ccccc2)CCCC1)N1CC[C@@H](O)C1.I. The zero-order valence-electron chi connectivity index (χ0n) is 15.0. The molecule has 1 heterocycles. The van der Waals surface area contributed by atoms with Crippen LogP contribution in [0.5, 0.6) is 0 Å². The number of nitrogens with one attached hydrogen (secondary N) is 1. The quantitative estimate of drug-likeness (QED) is 0.387. The number of rotatable bonds is 5. The van der Waals surface area contributed by atoms with E-state index in [-0.39, 0.29) is 34.8 Å². The summed E-state index contributed by atoms with van der Waals surface area (Å²) in [5, 5.41) is 13.2. The molecule has 0 radical (unpaired) electrons. The molecule has 0 amide bonds. The Morgan fingerprint density at radius 1 is 1.32 bits per heavy atom. The normalized spacial score (nSPS) is 22.7. The molecule has 0 spiro atoms. The lowest BCUT2D eigenvalue weighted by atomic mass is 10.1. The monoisotopic (exact) mass is 475 g/mol. The Hall–Kier alpha value is -0.470. The van der Waals surface area contributed by atoms with Crippen LogP contribution in [0.1, 0.15) is 39.0 Å². The Morgan fingerprint density at radius 2 is 2.04 bits per heavy atom. The van der Waals surface area contributed by atoms with Crippen LogP contribution in [0.15, 0.2) is 40.2 Å². The minimum Gasteiger partial charge on any atom is -0.391 e. The average Bonchev–Trinajstić information content (AvgIpc) is 3.22. The highest BCUT2D eigenvalue weighted by Gasteiger charge is 2.35. The largest absolute Gasteiger partial charge is 0.391 e. The highest BCUT2D eigenvalue weighted by molar-refractivity contribution is 14.0. The summed E-state index contributed by atoms with van der Waals surface area (Å²) in [5.41, 5.74) is 0. The van der Waals surface area contributed by atoms with Gasteiger partial charge < -0.3 is 15.3 Å². The van der Waals surface area contributed by atoms with Crippen LogP contribution in [-0.4, -0.2) is 53.0 Å². The number of hydrogen-bond donors (Lipinski definition) is 2. The molecule has 6 heteroatoms. The molecular weight excluding hydrogens is 445 g/mol. The first kappa shape index (κ1) is 20.8. The van der Waals surface area contributed by atoms with Crippen LogP contribution in [0.4, 0.5) is 0 Å². The van der Waals surface area contributed by atoms with E-state index in [1.807, 2.05) is 11.8 Å². The van der Waals surface area contributed by atoms with Crippen molar-refractivity contribution in [2.45, 2.75) is 54.8 Å². The maximum atomic E-state index is 9.81. The number of aliphatic hydroxyl groups excluding tert-OH is 1. The summed E-state index contributed by atoms with van der Waals surface area (Å²) in [6, 6.07) is 10.7. The molecule has 0 unspecified atom stereocenters. The van der Waals surface area contributed by atoms with Crippen molar-refractivity contribution in [3.8, 4) is 0 Å². The molecule has 3 rings (SSSR count). The van der Waals surface area contributed by atoms with Gasteiger partial charge in [-0.2, -0.15) is 0 Å². The van der Waals surface area contributed by atoms with Gasteiger partial charge in [0.2, 0.25) is 0 Å². The first-order valence-corrected chi connectivity index (χ1v) is 9.98. The Labute approximate surface area is 172 Å². The zero-order valence-corrected chi connectivity index (χ0v) is 18.1. The summed E-state index contributed by atoms with van der Waals surface area (Å²) < 4.78 is 0.223. The lowest BCUT2D eigenvalue weighted by molar-refractivity contribution is 0.188. The first-order chi connectivity index (χ1) is 11.7. The number of nitrogens with zero attached hydrogens (tertiary/aromatic N) is 2. The van der Waals surface area contributed by atoms with Crippen molar-refractivity contribution in [1.29, 1.82) is 0 Å². The molecule has 140 valence electrons. The van der Waals surface area contributed by atoms with Crippen molar-refractivity contribution < 1.29 is 5.11 Å². The second kappa shape index (κ2) is 10.0. The Kier molecular flexibility index (Phi) is 8.35. The predicted octanol–water partition coefficient (Wildman–Crippen LogP) is 3.74. The van der Waals surface area contributed by atoms with E-state index in [0.717, 1.165) is 32.0 Å². The van der Waals surface area contributed by atoms with Gasteiger partial charge in [0, 0.05) is 29.3 Å². The van der Waals surface area contributed by atoms with Gasteiger partial charge in [-0.1, -0.05) is 31.0 Å². The number of guanidine groups is 1. The summed E-state index contributed by atoms with van der Waals surface area (Å²) in [6.45, 7) is 5.41. The maximum absolute atomic E-state index is 9.81. The van der Waals surface area contributed by atoms with Crippen molar-refractivity contribution in [3.63, 3.8) is 0 Å². The zero-order chi connectivity index (χ0) is 16.8. The van der Waals surface area contributed by atoms with Crippen molar-refractivity contribution in [2.75, 3.05) is 26.2 Å². The molecule has 1 aromatic rings. The third-order valence-electron chi connectivity index (χ3n) is 4.91. The predicted molar refractivity (Wildman–Crippen MR) is 117 cm³/mol. The molecule has 2 fully saturated rings. The number of thioether (sulfide) groups is 1. The molecule has 0 bridgehead atoms. The van der Waals surface area contributed by atoms with Crippen LogP contribution in [0, 0.1) is 0 Å². The standard InChI is InChI=1S/C19H29N3OS.HI/c1-2-20-18(22-13-10-16(23)14-22)21-15-19(11-6-7-12-19)24-17-8-4-3-5-9-17;/h3-5,8-9,16,23H,2,6-7,10-15H2,1H3,(H,20,21);1H/t16-;/m1./s1. The fraction of sp³-hybridized carbons (Fsp3) is 0.632. The summed E-state index contributed by atoms with van der Waals surface area (Å²) in [4.78, 5) is 8.52. The molecule has 2 aliphatic rings. The van der Waals surface area contributed by atoms with Gasteiger partial charge in [-0.3, -0.25) is 4.99 Å². The van der Waals surface area contributed by atoms with E-state index in [4.69, 9.17) is 4.99 Å². The molecule has 1 aliphatic carbocycles. The first-order valence-electron chi connectivity index (χ1n) is 9.16. The smallest absolute Gasteiger partial charge is 0.194 e. The number of halogens is 1. The van der Waals surface area contributed by atoms with Crippen LogP contribution >= 0.6 is 35.7 Å². The highest BCUT2D eigenvalue weighted by Crippen LogP contribution is 2.45. The van der Waals surface area contributed by atoms with Gasteiger partial charge in [0.1, 0.15) is 0 Å². The number of benzene rings is 1. The summed E-state index contributed by atoms with van der Waals surface area (Å²) in [6.07, 6.45) is 5.70. The number of hydrogen-bond acceptors (Lipinski definition) is 3. The Balaban J connectivity index is 0.00000225. The summed E-state index contributed by atoms with van der Waals surface area (Å²) >= 11 is 2.00. The molecular formula is C19H30IN3OS. The fourth-order valence-corrected chi connectivity index (χ4v) is 5.04. The molecule has 1 saturated carbocycles. The summed E-state index contributed by atoms with van der Waals surface area (Å²) in [7, 11) is 0. The maximum Gasteiger partial charge on any atom is 0.194 e. The van der Waals surface area contributed by atoms with E-state index in [1.54, 1.807) is 0 Å². The minimum atomic E-state index is -0.215. The molecule has 1 aromatic carbocycles. The second-order valence-electron chi connectivity index (χ2n) is 6.86. The second-order valence-corrected chi connectivity index (χ2v) is 8.41. The van der Waals surface area contributed by atoms with Gasteiger partial charge in [-0.15, -0.1) is 35.7 Å². The minimum absolute atomic E-state index is 0. The van der Waals surface area contributed by atoms with E-state index in [0.29, 0.717) is 6.54 Å². The van der Waals surface area contributed by atoms with Gasteiger partial charge in [-0.05, 0) is 38.3 Å². The third-order valence-corrected chi connectivity index (χ3v) is 6.39. The van der Waals surface area contributed by atoms with Crippen LogP contribution < -0.4 is 5.32 Å². The molecule has 25 heavy (non-hydrogen) atoms. The van der Waals surface area contributed by atoms with Crippen LogP contribution in [-0.2, 0) is 0 Å². The van der Waals surface area contributed by atoms with Gasteiger partial charge >= 0.3 is 0 Å². The van der Waals surface area contributed by atoms with Crippen molar-refractivity contribution in [2.24, 2.45) is 4.99 Å². The number of aliphatic imine (C=N–C) groups is 1. The van der Waals surface area contributed by atoms with Crippen LogP contribution in [0.3, 0.4) is 0 Å². The van der Waals surface area contributed by atoms with Gasteiger partial charge in [0.25, 0.3) is 0 Å². The van der Waals surface area contributed by atoms with E-state index < -0.39 is 0 Å². The van der Waals surface area contributed by atoms with Crippen LogP contribution in [0.2, 0.25) is 0 Å². The van der Waals surface area contributed by atoms with E-state index in [9.17, 15) is 5.11 Å². The van der Waals surface area contributed by atoms with E-state index in [2.05, 4.69) is 47.5 Å². The molecule has 1 aliphatic heterocycles. The molecule has 2 N–H and O–H groups in total. The Bertz CT molecular complexity index is 549. The van der Waals surface area contributed by atoms with Gasteiger partial charge in [0.05, 0.1) is 12.6 Å². The lowest BCUT2D eigenvalue weighted by Gasteiger charge is -2.28. The van der Waals surface area contributed by atoms with Crippen LogP contribution in [0.25, 0.3) is 0 Å².